The number of carbonyl (C=O) groups excluding carboxylic acids is 1. The molecule has 2 aromatic rings. The number of allylic oxidation sites excluding steroid dienone is 1. The number of aromatic nitrogens is 1. The number of benzene rings is 1. The van der Waals surface area contributed by atoms with Crippen LogP contribution in [-0.2, 0) is 6.54 Å². The van der Waals surface area contributed by atoms with E-state index in [-0.39, 0.29) is 29.7 Å². The lowest BCUT2D eigenvalue weighted by Crippen LogP contribution is -2.35. The number of rotatable bonds is 4. The first-order valence-corrected chi connectivity index (χ1v) is 6.69. The molecular weight excluding hydrogens is 271 g/mol. The molecule has 0 atom stereocenters. The van der Waals surface area contributed by atoms with E-state index < -0.39 is 5.82 Å². The Hall–Kier alpha value is -2.43. The molecule has 4 nitrogen and oxygen atoms in total. The van der Waals surface area contributed by atoms with Crippen molar-refractivity contribution in [2.45, 2.75) is 26.4 Å². The molecule has 5 heteroatoms. The molecule has 0 saturated heterocycles. The molecule has 0 bridgehead atoms. The fourth-order valence-electron chi connectivity index (χ4n) is 2.16. The zero-order valence-electron chi connectivity index (χ0n) is 12.0. The lowest BCUT2D eigenvalue weighted by molar-refractivity contribution is 0.0933. The number of amides is 1. The van der Waals surface area contributed by atoms with Crippen LogP contribution in [0.25, 0.3) is 10.8 Å². The maximum Gasteiger partial charge on any atom is 0.268 e. The number of hydrogen-bond acceptors (Lipinski definition) is 2. The highest BCUT2D eigenvalue weighted by Gasteiger charge is 2.15. The van der Waals surface area contributed by atoms with Gasteiger partial charge in [-0.25, -0.2) is 4.39 Å². The lowest BCUT2D eigenvalue weighted by Gasteiger charge is -2.14. The third kappa shape index (κ3) is 3.02. The van der Waals surface area contributed by atoms with Crippen LogP contribution in [0.5, 0.6) is 0 Å². The number of nitrogens with one attached hydrogen (secondary N) is 1. The first-order chi connectivity index (χ1) is 9.93. The number of pyridine rings is 1. The summed E-state index contributed by atoms with van der Waals surface area (Å²) in [4.78, 5) is 24.7. The Labute approximate surface area is 121 Å². The molecule has 1 aromatic carbocycles. The van der Waals surface area contributed by atoms with Crippen LogP contribution in [-0.4, -0.2) is 16.5 Å². The Balaban J connectivity index is 2.71. The SMILES string of the molecule is C=CCn1c(C(=O)NC(C)C)cc2cc(F)ccc2c1=O. The van der Waals surface area contributed by atoms with E-state index in [4.69, 9.17) is 0 Å². The minimum Gasteiger partial charge on any atom is -0.349 e. The quantitative estimate of drug-likeness (QED) is 0.879. The van der Waals surface area contributed by atoms with E-state index in [9.17, 15) is 14.0 Å². The number of hydrogen-bond donors (Lipinski definition) is 1. The summed E-state index contributed by atoms with van der Waals surface area (Å²) in [6.45, 7) is 7.47. The molecule has 1 aromatic heterocycles. The van der Waals surface area contributed by atoms with E-state index in [1.807, 2.05) is 13.8 Å². The van der Waals surface area contributed by atoms with Crippen molar-refractivity contribution in [2.75, 3.05) is 0 Å². The summed E-state index contributed by atoms with van der Waals surface area (Å²) in [6, 6.07) is 5.38. The first kappa shape index (κ1) is 15.0. The zero-order valence-corrected chi connectivity index (χ0v) is 12.0. The molecule has 0 unspecified atom stereocenters. The van der Waals surface area contributed by atoms with Crippen LogP contribution < -0.4 is 10.9 Å². The van der Waals surface area contributed by atoms with E-state index in [1.54, 1.807) is 6.08 Å². The van der Waals surface area contributed by atoms with Crippen LogP contribution in [0.4, 0.5) is 4.39 Å². The highest BCUT2D eigenvalue weighted by atomic mass is 19.1. The predicted molar refractivity (Wildman–Crippen MR) is 81.0 cm³/mol. The lowest BCUT2D eigenvalue weighted by atomic mass is 10.1. The summed E-state index contributed by atoms with van der Waals surface area (Å²) in [5, 5.41) is 3.52. The zero-order chi connectivity index (χ0) is 15.6. The van der Waals surface area contributed by atoms with Crippen molar-refractivity contribution in [1.82, 2.24) is 9.88 Å². The minimum atomic E-state index is -0.446. The van der Waals surface area contributed by atoms with Gasteiger partial charge in [-0.15, -0.1) is 6.58 Å². The van der Waals surface area contributed by atoms with Gasteiger partial charge in [0.05, 0.1) is 0 Å². The molecule has 1 amide bonds. The molecule has 0 saturated carbocycles. The van der Waals surface area contributed by atoms with Crippen molar-refractivity contribution in [1.29, 1.82) is 0 Å². The largest absolute Gasteiger partial charge is 0.349 e. The number of fused-ring (bicyclic) bond motifs is 1. The van der Waals surface area contributed by atoms with Crippen molar-refractivity contribution in [3.8, 4) is 0 Å². The summed E-state index contributed by atoms with van der Waals surface area (Å²) >= 11 is 0. The fraction of sp³-hybridized carbons (Fsp3) is 0.250. The van der Waals surface area contributed by atoms with Crippen LogP contribution in [0.2, 0.25) is 0 Å². The van der Waals surface area contributed by atoms with E-state index in [1.165, 1.54) is 28.8 Å². The molecule has 0 aliphatic heterocycles. The topological polar surface area (TPSA) is 51.1 Å². The van der Waals surface area contributed by atoms with Crippen LogP contribution in [0.3, 0.4) is 0 Å². The molecule has 1 N–H and O–H groups in total. The van der Waals surface area contributed by atoms with Gasteiger partial charge in [0.2, 0.25) is 0 Å². The molecule has 110 valence electrons. The van der Waals surface area contributed by atoms with Gasteiger partial charge >= 0.3 is 0 Å². The van der Waals surface area contributed by atoms with Crippen molar-refractivity contribution in [3.05, 3.63) is 58.8 Å². The summed E-state index contributed by atoms with van der Waals surface area (Å²) in [5.41, 5.74) is -0.131. The molecule has 1 heterocycles. The molecule has 0 fully saturated rings. The van der Waals surface area contributed by atoms with Gasteiger partial charge in [-0.2, -0.15) is 0 Å². The highest BCUT2D eigenvalue weighted by Crippen LogP contribution is 2.14. The predicted octanol–water partition coefficient (Wildman–Crippen LogP) is 2.46. The van der Waals surface area contributed by atoms with Gasteiger partial charge in [0, 0.05) is 18.0 Å². The van der Waals surface area contributed by atoms with E-state index in [2.05, 4.69) is 11.9 Å². The molecule has 0 aliphatic rings. The maximum absolute atomic E-state index is 13.3. The van der Waals surface area contributed by atoms with Gasteiger partial charge < -0.3 is 5.32 Å². The Morgan fingerprint density at radius 2 is 2.14 bits per heavy atom. The third-order valence-corrected chi connectivity index (χ3v) is 3.04. The smallest absolute Gasteiger partial charge is 0.268 e. The third-order valence-electron chi connectivity index (χ3n) is 3.04. The summed E-state index contributed by atoms with van der Waals surface area (Å²) in [6.07, 6.45) is 1.54. The van der Waals surface area contributed by atoms with E-state index in [0.29, 0.717) is 10.8 Å². The van der Waals surface area contributed by atoms with Crippen LogP contribution in [0, 0.1) is 5.82 Å². The minimum absolute atomic E-state index is 0.0620. The van der Waals surface area contributed by atoms with Crippen molar-refractivity contribution >= 4 is 16.7 Å². The summed E-state index contributed by atoms with van der Waals surface area (Å²) in [7, 11) is 0. The van der Waals surface area contributed by atoms with E-state index in [0.717, 1.165) is 0 Å². The first-order valence-electron chi connectivity index (χ1n) is 6.69. The van der Waals surface area contributed by atoms with Crippen LogP contribution in [0.1, 0.15) is 24.3 Å². The Kier molecular flexibility index (Phi) is 4.21. The van der Waals surface area contributed by atoms with Gasteiger partial charge in [0.15, 0.2) is 0 Å². The average Bonchev–Trinajstić information content (AvgIpc) is 2.40. The standard InChI is InChI=1S/C16H17FN2O2/c1-4-7-19-14(15(20)18-10(2)3)9-11-8-12(17)5-6-13(11)16(19)21/h4-6,8-10H,1,7H2,2-3H3,(H,18,20). The Bertz CT molecular complexity index is 763. The average molecular weight is 288 g/mol. The highest BCUT2D eigenvalue weighted by molar-refractivity contribution is 5.96. The molecular formula is C16H17FN2O2. The van der Waals surface area contributed by atoms with E-state index >= 15 is 0 Å². The number of carbonyl (C=O) groups is 1. The second-order valence-corrected chi connectivity index (χ2v) is 5.09. The van der Waals surface area contributed by atoms with Crippen molar-refractivity contribution < 1.29 is 9.18 Å². The van der Waals surface area contributed by atoms with Gasteiger partial charge in [-0.05, 0) is 43.5 Å². The van der Waals surface area contributed by atoms with Gasteiger partial charge in [0.1, 0.15) is 11.5 Å². The van der Waals surface area contributed by atoms with Gasteiger partial charge in [-0.1, -0.05) is 6.08 Å². The van der Waals surface area contributed by atoms with Gasteiger partial charge in [0.25, 0.3) is 11.5 Å². The van der Waals surface area contributed by atoms with Crippen LogP contribution >= 0.6 is 0 Å². The van der Waals surface area contributed by atoms with Gasteiger partial charge in [-0.3, -0.25) is 14.2 Å². The number of nitrogens with zero attached hydrogens (tertiary/aromatic N) is 1. The molecule has 21 heavy (non-hydrogen) atoms. The van der Waals surface area contributed by atoms with Crippen molar-refractivity contribution in [2.24, 2.45) is 0 Å². The second-order valence-electron chi connectivity index (χ2n) is 5.09. The molecule has 0 radical (unpaired) electrons. The second kappa shape index (κ2) is 5.91. The molecule has 2 rings (SSSR count). The summed E-state index contributed by atoms with van der Waals surface area (Å²) < 4.78 is 14.7. The fourth-order valence-corrected chi connectivity index (χ4v) is 2.16. The van der Waals surface area contributed by atoms with Crippen LogP contribution in [0.15, 0.2) is 41.7 Å². The monoisotopic (exact) mass is 288 g/mol. The molecule has 0 aliphatic carbocycles. The Morgan fingerprint density at radius 3 is 2.76 bits per heavy atom. The van der Waals surface area contributed by atoms with Crippen molar-refractivity contribution in [3.63, 3.8) is 0 Å². The normalized spacial score (nSPS) is 10.9. The Morgan fingerprint density at radius 1 is 1.43 bits per heavy atom. The molecule has 0 spiro atoms. The maximum atomic E-state index is 13.3. The number of halogens is 1. The summed E-state index contributed by atoms with van der Waals surface area (Å²) in [5.74, 6) is -0.811.